The molecule has 1 aromatic heterocycles. The second kappa shape index (κ2) is 10.5. The molecule has 0 aliphatic carbocycles. The van der Waals surface area contributed by atoms with E-state index in [9.17, 15) is 4.79 Å². The van der Waals surface area contributed by atoms with E-state index >= 15 is 0 Å². The third-order valence-corrected chi connectivity index (χ3v) is 5.84. The Hall–Kier alpha value is -3.36. The highest BCUT2D eigenvalue weighted by Crippen LogP contribution is 2.35. The first-order chi connectivity index (χ1) is 15.8. The van der Waals surface area contributed by atoms with Gasteiger partial charge < -0.3 is 18.6 Å². The summed E-state index contributed by atoms with van der Waals surface area (Å²) in [5.41, 5.74) is 2.91. The molecule has 2 N–H and O–H groups in total. The highest BCUT2D eigenvalue weighted by Gasteiger charge is 2.25. The smallest absolute Gasteiger partial charge is 0.231 e. The van der Waals surface area contributed by atoms with Crippen molar-refractivity contribution in [2.45, 2.75) is 20.0 Å². The number of nitrogens with one attached hydrogen (secondary N) is 2. The Morgan fingerprint density at radius 1 is 0.970 bits per heavy atom. The predicted octanol–water partition coefficient (Wildman–Crippen LogP) is 5.90. The van der Waals surface area contributed by atoms with Crippen molar-refractivity contribution in [1.82, 2.24) is 0 Å². The fourth-order valence-corrected chi connectivity index (χ4v) is 3.96. The van der Waals surface area contributed by atoms with Crippen LogP contribution < -0.4 is 9.47 Å². The number of ketones is 1. The summed E-state index contributed by atoms with van der Waals surface area (Å²) in [4.78, 5) is 13.1. The molecule has 3 rings (SSSR count). The minimum absolute atomic E-state index is 0.169. The lowest BCUT2D eigenvalue weighted by Gasteiger charge is -2.14. The zero-order chi connectivity index (χ0) is 24.1. The van der Waals surface area contributed by atoms with Gasteiger partial charge in [0.05, 0.1) is 19.3 Å². The van der Waals surface area contributed by atoms with Crippen LogP contribution in [0.3, 0.4) is 0 Å². The van der Waals surface area contributed by atoms with Crippen LogP contribution in [0, 0.1) is 17.7 Å². The number of carbonyl (C=O) groups excluding carboxylic acids is 1. The minimum Gasteiger partial charge on any atom is -0.496 e. The Bertz CT molecular complexity index is 1160. The topological polar surface area (TPSA) is 106 Å². The molecule has 8 heteroatoms. The largest absolute Gasteiger partial charge is 0.496 e. The van der Waals surface area contributed by atoms with Crippen molar-refractivity contribution in [3.8, 4) is 22.8 Å². The van der Waals surface area contributed by atoms with E-state index < -0.39 is 6.10 Å². The molecular formula is C25H26N2O5S. The number of hydrogen-bond acceptors (Lipinski definition) is 8. The maximum atomic E-state index is 13.1. The van der Waals surface area contributed by atoms with Crippen molar-refractivity contribution in [3.63, 3.8) is 0 Å². The van der Waals surface area contributed by atoms with E-state index in [4.69, 9.17) is 29.4 Å². The highest BCUT2D eigenvalue weighted by molar-refractivity contribution is 8.26. The Kier molecular flexibility index (Phi) is 7.73. The van der Waals surface area contributed by atoms with Gasteiger partial charge in [-0.2, -0.15) is 0 Å². The molecule has 3 aromatic rings. The molecule has 1 atom stereocenters. The van der Waals surface area contributed by atoms with E-state index in [1.165, 1.54) is 7.11 Å². The number of Topliss-reactive ketones (excluding diaryl/α,β-unsaturated/α-hetero) is 1. The molecule has 0 radical (unpaired) electrons. The monoisotopic (exact) mass is 466 g/mol. The number of hydrogen-bond donors (Lipinski definition) is 2. The molecular weight excluding hydrogens is 440 g/mol. The Morgan fingerprint density at radius 2 is 1.58 bits per heavy atom. The number of rotatable bonds is 8. The number of thioether (sulfide) groups is 1. The van der Waals surface area contributed by atoms with Gasteiger partial charge in [0.15, 0.2) is 5.76 Å². The van der Waals surface area contributed by atoms with Crippen LogP contribution in [0.4, 0.5) is 0 Å². The van der Waals surface area contributed by atoms with Crippen LogP contribution in [0.5, 0.6) is 11.5 Å². The standard InChI is InChI=1S/C25H26N2O5S/c1-14-21(29-3)12-18(13-22(14)30-4)19-10-11-20(32-19)23(28)24(31-5)16-6-8-17(9-7-16)25(27)33-15(2)26/h6-13,24,26-27H,1-5H3. The maximum Gasteiger partial charge on any atom is 0.231 e. The molecule has 0 saturated heterocycles. The second-order valence-electron chi connectivity index (χ2n) is 7.26. The van der Waals surface area contributed by atoms with E-state index in [1.54, 1.807) is 57.5 Å². The van der Waals surface area contributed by atoms with E-state index in [1.807, 2.05) is 19.1 Å². The number of ether oxygens (including phenoxy) is 3. The minimum atomic E-state index is -0.855. The fraction of sp³-hybridized carbons (Fsp3) is 0.240. The molecule has 2 aromatic carbocycles. The molecule has 0 saturated carbocycles. The predicted molar refractivity (Wildman–Crippen MR) is 130 cm³/mol. The van der Waals surface area contributed by atoms with Crippen LogP contribution in [0.15, 0.2) is 52.9 Å². The van der Waals surface area contributed by atoms with Crippen LogP contribution >= 0.6 is 11.8 Å². The SMILES string of the molecule is COc1cc(-c2ccc(C(=O)C(OC)c3ccc(C(=N)SC(C)=N)cc3)o2)cc(OC)c1C. The molecule has 0 fully saturated rings. The molecule has 7 nitrogen and oxygen atoms in total. The molecule has 172 valence electrons. The van der Waals surface area contributed by atoms with Crippen LogP contribution in [-0.4, -0.2) is 37.2 Å². The molecule has 0 bridgehead atoms. The zero-order valence-corrected chi connectivity index (χ0v) is 20.0. The van der Waals surface area contributed by atoms with Gasteiger partial charge in [-0.25, -0.2) is 0 Å². The quantitative estimate of drug-likeness (QED) is 0.243. The molecule has 0 aliphatic heterocycles. The summed E-state index contributed by atoms with van der Waals surface area (Å²) in [6.07, 6.45) is -0.855. The average Bonchev–Trinajstić information content (AvgIpc) is 3.30. The van der Waals surface area contributed by atoms with Crippen LogP contribution in [0.2, 0.25) is 0 Å². The number of furan rings is 1. The Balaban J connectivity index is 1.85. The van der Waals surface area contributed by atoms with Crippen LogP contribution in [0.25, 0.3) is 11.3 Å². The lowest BCUT2D eigenvalue weighted by molar-refractivity contribution is 0.0577. The third kappa shape index (κ3) is 5.35. The van der Waals surface area contributed by atoms with Crippen molar-refractivity contribution in [2.24, 2.45) is 0 Å². The summed E-state index contributed by atoms with van der Waals surface area (Å²) in [5.74, 6) is 1.67. The lowest BCUT2D eigenvalue weighted by atomic mass is 10.0. The van der Waals surface area contributed by atoms with Gasteiger partial charge in [0.1, 0.15) is 28.4 Å². The van der Waals surface area contributed by atoms with E-state index in [0.29, 0.717) is 33.4 Å². The lowest BCUT2D eigenvalue weighted by Crippen LogP contribution is -2.14. The summed E-state index contributed by atoms with van der Waals surface area (Å²) in [6.45, 7) is 3.53. The van der Waals surface area contributed by atoms with E-state index in [-0.39, 0.29) is 16.6 Å². The Morgan fingerprint density at radius 3 is 2.09 bits per heavy atom. The summed E-state index contributed by atoms with van der Waals surface area (Å²) >= 11 is 1.07. The van der Waals surface area contributed by atoms with E-state index in [0.717, 1.165) is 22.9 Å². The molecule has 0 amide bonds. The first kappa shape index (κ1) is 24.3. The van der Waals surface area contributed by atoms with Crippen molar-refractivity contribution in [3.05, 3.63) is 71.0 Å². The van der Waals surface area contributed by atoms with Gasteiger partial charge in [-0.3, -0.25) is 15.6 Å². The number of benzene rings is 2. The van der Waals surface area contributed by atoms with Gasteiger partial charge in [0, 0.05) is 23.8 Å². The van der Waals surface area contributed by atoms with E-state index in [2.05, 4.69) is 0 Å². The third-order valence-electron chi connectivity index (χ3n) is 5.09. The highest BCUT2D eigenvalue weighted by atomic mass is 32.2. The average molecular weight is 467 g/mol. The van der Waals surface area contributed by atoms with Gasteiger partial charge in [-0.15, -0.1) is 0 Å². The Labute approximate surface area is 197 Å². The molecule has 33 heavy (non-hydrogen) atoms. The number of methoxy groups -OCH3 is 3. The van der Waals surface area contributed by atoms with Crippen LogP contribution in [-0.2, 0) is 4.74 Å². The van der Waals surface area contributed by atoms with Gasteiger partial charge in [0.25, 0.3) is 0 Å². The first-order valence-electron chi connectivity index (χ1n) is 10.1. The first-order valence-corrected chi connectivity index (χ1v) is 10.9. The molecule has 0 spiro atoms. The fourth-order valence-electron chi connectivity index (χ4n) is 3.40. The van der Waals surface area contributed by atoms with Gasteiger partial charge in [-0.05, 0) is 43.7 Å². The van der Waals surface area contributed by atoms with Crippen molar-refractivity contribution >= 4 is 27.6 Å². The maximum absolute atomic E-state index is 13.1. The summed E-state index contributed by atoms with van der Waals surface area (Å²) in [6, 6.07) is 14.0. The molecule has 1 unspecified atom stereocenters. The van der Waals surface area contributed by atoms with Crippen molar-refractivity contribution in [2.75, 3.05) is 21.3 Å². The normalized spacial score (nSPS) is 11.7. The van der Waals surface area contributed by atoms with Gasteiger partial charge in [0.2, 0.25) is 5.78 Å². The summed E-state index contributed by atoms with van der Waals surface area (Å²) in [5, 5.41) is 16.2. The van der Waals surface area contributed by atoms with Gasteiger partial charge in [-0.1, -0.05) is 36.0 Å². The van der Waals surface area contributed by atoms with Crippen molar-refractivity contribution in [1.29, 1.82) is 10.8 Å². The second-order valence-corrected chi connectivity index (χ2v) is 8.48. The van der Waals surface area contributed by atoms with Crippen molar-refractivity contribution < 1.29 is 23.4 Å². The zero-order valence-electron chi connectivity index (χ0n) is 19.1. The molecule has 1 heterocycles. The summed E-state index contributed by atoms with van der Waals surface area (Å²) < 4.78 is 22.2. The molecule has 0 aliphatic rings. The van der Waals surface area contributed by atoms with Crippen LogP contribution in [0.1, 0.15) is 40.3 Å². The summed E-state index contributed by atoms with van der Waals surface area (Å²) in [7, 11) is 4.64. The van der Waals surface area contributed by atoms with Gasteiger partial charge >= 0.3 is 0 Å². The number of carbonyl (C=O) groups is 1.